The lowest BCUT2D eigenvalue weighted by molar-refractivity contribution is 0.289. The molecule has 1 N–H and O–H groups in total. The van der Waals surface area contributed by atoms with Crippen molar-refractivity contribution in [2.45, 2.75) is 62.1 Å². The average molecular weight is 295 g/mol. The van der Waals surface area contributed by atoms with Gasteiger partial charge in [-0.2, -0.15) is 0 Å². The molecule has 20 heavy (non-hydrogen) atoms. The highest BCUT2D eigenvalue weighted by atomic mass is 32.2. The maximum absolute atomic E-state index is 13.0. The van der Waals surface area contributed by atoms with E-state index in [2.05, 4.69) is 19.2 Å². The van der Waals surface area contributed by atoms with Gasteiger partial charge in [0, 0.05) is 16.2 Å². The fourth-order valence-electron chi connectivity index (χ4n) is 3.20. The Morgan fingerprint density at radius 1 is 1.20 bits per heavy atom. The fraction of sp³-hybridized carbons (Fsp3) is 0.647. The first-order valence-corrected chi connectivity index (χ1v) is 8.76. The monoisotopic (exact) mass is 295 g/mol. The summed E-state index contributed by atoms with van der Waals surface area (Å²) in [6.45, 7) is 5.49. The number of hydrogen-bond acceptors (Lipinski definition) is 2. The van der Waals surface area contributed by atoms with Gasteiger partial charge in [-0.3, -0.25) is 0 Å². The summed E-state index contributed by atoms with van der Waals surface area (Å²) in [6, 6.07) is 7.55. The molecule has 1 aliphatic carbocycles. The third-order valence-corrected chi connectivity index (χ3v) is 5.53. The van der Waals surface area contributed by atoms with E-state index in [1.54, 1.807) is 12.1 Å². The molecule has 1 aliphatic rings. The van der Waals surface area contributed by atoms with Crippen LogP contribution in [0.15, 0.2) is 29.2 Å². The Morgan fingerprint density at radius 2 is 1.95 bits per heavy atom. The van der Waals surface area contributed by atoms with Crippen LogP contribution in [0.5, 0.6) is 0 Å². The van der Waals surface area contributed by atoms with E-state index in [4.69, 9.17) is 0 Å². The van der Waals surface area contributed by atoms with Crippen molar-refractivity contribution in [3.05, 3.63) is 30.1 Å². The molecular weight excluding hydrogens is 269 g/mol. The second kappa shape index (κ2) is 8.04. The van der Waals surface area contributed by atoms with E-state index in [9.17, 15) is 4.39 Å². The quantitative estimate of drug-likeness (QED) is 0.804. The lowest BCUT2D eigenvalue weighted by Gasteiger charge is -2.36. The topological polar surface area (TPSA) is 12.0 Å². The average Bonchev–Trinajstić information content (AvgIpc) is 2.45. The minimum atomic E-state index is -0.148. The first-order chi connectivity index (χ1) is 9.72. The van der Waals surface area contributed by atoms with Gasteiger partial charge in [0.2, 0.25) is 0 Å². The summed E-state index contributed by atoms with van der Waals surface area (Å²) in [5.74, 6) is 0.720. The summed E-state index contributed by atoms with van der Waals surface area (Å²) < 4.78 is 13.0. The van der Waals surface area contributed by atoms with Crippen molar-refractivity contribution in [1.29, 1.82) is 0 Å². The van der Waals surface area contributed by atoms with Gasteiger partial charge in [-0.25, -0.2) is 4.39 Å². The molecule has 0 bridgehead atoms. The Hall–Kier alpha value is -0.540. The highest BCUT2D eigenvalue weighted by Crippen LogP contribution is 2.38. The number of halogens is 1. The minimum absolute atomic E-state index is 0.148. The van der Waals surface area contributed by atoms with Gasteiger partial charge in [0.1, 0.15) is 5.82 Å². The molecule has 1 aromatic rings. The van der Waals surface area contributed by atoms with Gasteiger partial charge in [-0.15, -0.1) is 11.8 Å². The molecule has 1 nitrogen and oxygen atoms in total. The number of rotatable bonds is 6. The van der Waals surface area contributed by atoms with Gasteiger partial charge >= 0.3 is 0 Å². The summed E-state index contributed by atoms with van der Waals surface area (Å²) in [6.07, 6.45) is 6.54. The Balaban J connectivity index is 2.00. The Labute approximate surface area is 126 Å². The molecule has 0 heterocycles. The predicted octanol–water partition coefficient (Wildman–Crippen LogP) is 4.86. The van der Waals surface area contributed by atoms with Gasteiger partial charge in [0.15, 0.2) is 0 Å². The summed E-state index contributed by atoms with van der Waals surface area (Å²) in [7, 11) is 0. The molecular formula is C17H26FNS. The van der Waals surface area contributed by atoms with Crippen LogP contribution in [0.4, 0.5) is 4.39 Å². The molecule has 0 radical (unpaired) electrons. The van der Waals surface area contributed by atoms with E-state index in [1.807, 2.05) is 23.9 Å². The highest BCUT2D eigenvalue weighted by molar-refractivity contribution is 8.00. The smallest absolute Gasteiger partial charge is 0.123 e. The van der Waals surface area contributed by atoms with Gasteiger partial charge in [0.25, 0.3) is 0 Å². The Morgan fingerprint density at radius 3 is 2.60 bits per heavy atom. The second-order valence-electron chi connectivity index (χ2n) is 5.74. The molecule has 0 aliphatic heterocycles. The molecule has 0 saturated heterocycles. The number of benzene rings is 1. The zero-order chi connectivity index (χ0) is 14.4. The summed E-state index contributed by atoms with van der Waals surface area (Å²) in [5.41, 5.74) is 0. The molecule has 0 aromatic heterocycles. The SMILES string of the molecule is CCCC1CCC(NCC)C(Sc2ccc(F)cc2)C1. The van der Waals surface area contributed by atoms with Crippen LogP contribution in [-0.2, 0) is 0 Å². The van der Waals surface area contributed by atoms with E-state index < -0.39 is 0 Å². The molecule has 3 atom stereocenters. The Kier molecular flexibility index (Phi) is 6.37. The van der Waals surface area contributed by atoms with Crippen molar-refractivity contribution in [3.8, 4) is 0 Å². The molecule has 1 aromatic carbocycles. The van der Waals surface area contributed by atoms with Crippen molar-refractivity contribution in [2.75, 3.05) is 6.54 Å². The van der Waals surface area contributed by atoms with E-state index in [0.29, 0.717) is 11.3 Å². The van der Waals surface area contributed by atoms with Crippen LogP contribution >= 0.6 is 11.8 Å². The van der Waals surface area contributed by atoms with Gasteiger partial charge in [-0.1, -0.05) is 26.7 Å². The van der Waals surface area contributed by atoms with E-state index >= 15 is 0 Å². The van der Waals surface area contributed by atoms with E-state index in [-0.39, 0.29) is 5.82 Å². The maximum atomic E-state index is 13.0. The maximum Gasteiger partial charge on any atom is 0.123 e. The van der Waals surface area contributed by atoms with Crippen LogP contribution < -0.4 is 5.32 Å². The number of hydrogen-bond donors (Lipinski definition) is 1. The van der Waals surface area contributed by atoms with Crippen LogP contribution in [0.3, 0.4) is 0 Å². The fourth-order valence-corrected chi connectivity index (χ4v) is 4.60. The summed E-state index contributed by atoms with van der Waals surface area (Å²) in [4.78, 5) is 1.19. The first-order valence-electron chi connectivity index (χ1n) is 7.88. The second-order valence-corrected chi connectivity index (χ2v) is 7.05. The molecule has 1 fully saturated rings. The lowest BCUT2D eigenvalue weighted by atomic mass is 9.83. The van der Waals surface area contributed by atoms with Gasteiger partial charge in [0.05, 0.1) is 0 Å². The third kappa shape index (κ3) is 4.49. The van der Waals surface area contributed by atoms with Crippen LogP contribution in [-0.4, -0.2) is 17.8 Å². The molecule has 2 rings (SSSR count). The Bertz CT molecular complexity index is 392. The van der Waals surface area contributed by atoms with Crippen molar-refractivity contribution < 1.29 is 4.39 Å². The van der Waals surface area contributed by atoms with Gasteiger partial charge in [-0.05, 0) is 56.0 Å². The highest BCUT2D eigenvalue weighted by Gasteiger charge is 2.30. The predicted molar refractivity (Wildman–Crippen MR) is 85.8 cm³/mol. The number of nitrogens with one attached hydrogen (secondary N) is 1. The zero-order valence-electron chi connectivity index (χ0n) is 12.6. The first kappa shape index (κ1) is 15.8. The molecule has 0 amide bonds. The summed E-state index contributed by atoms with van der Waals surface area (Å²) in [5, 5.41) is 4.25. The van der Waals surface area contributed by atoms with Crippen LogP contribution in [0.1, 0.15) is 46.0 Å². The largest absolute Gasteiger partial charge is 0.313 e. The normalized spacial score (nSPS) is 26.6. The van der Waals surface area contributed by atoms with Gasteiger partial charge < -0.3 is 5.32 Å². The third-order valence-electron chi connectivity index (χ3n) is 4.16. The van der Waals surface area contributed by atoms with Crippen molar-refractivity contribution in [2.24, 2.45) is 5.92 Å². The van der Waals surface area contributed by atoms with E-state index in [0.717, 1.165) is 12.5 Å². The number of thioether (sulfide) groups is 1. The van der Waals surface area contributed by atoms with Crippen LogP contribution in [0.2, 0.25) is 0 Å². The van der Waals surface area contributed by atoms with Crippen molar-refractivity contribution in [1.82, 2.24) is 5.32 Å². The standard InChI is InChI=1S/C17H26FNS/c1-3-5-13-6-11-16(19-4-2)17(12-13)20-15-9-7-14(18)8-10-15/h7-10,13,16-17,19H,3-6,11-12H2,1-2H3. The molecule has 0 spiro atoms. The molecule has 3 unspecified atom stereocenters. The molecule has 3 heteroatoms. The zero-order valence-corrected chi connectivity index (χ0v) is 13.4. The van der Waals surface area contributed by atoms with Crippen molar-refractivity contribution >= 4 is 11.8 Å². The molecule has 112 valence electrons. The summed E-state index contributed by atoms with van der Waals surface area (Å²) >= 11 is 1.92. The van der Waals surface area contributed by atoms with Crippen LogP contribution in [0, 0.1) is 11.7 Å². The van der Waals surface area contributed by atoms with Crippen LogP contribution in [0.25, 0.3) is 0 Å². The minimum Gasteiger partial charge on any atom is -0.313 e. The molecule has 1 saturated carbocycles. The lowest BCUT2D eigenvalue weighted by Crippen LogP contribution is -2.42. The van der Waals surface area contributed by atoms with Crippen molar-refractivity contribution in [3.63, 3.8) is 0 Å². The van der Waals surface area contributed by atoms with E-state index in [1.165, 1.54) is 37.0 Å².